The molecule has 0 aromatic heterocycles. The van der Waals surface area contributed by atoms with Crippen molar-refractivity contribution >= 4 is 11.6 Å². The van der Waals surface area contributed by atoms with Gasteiger partial charge >= 0.3 is 0 Å². The van der Waals surface area contributed by atoms with Gasteiger partial charge in [0.15, 0.2) is 5.88 Å². The van der Waals surface area contributed by atoms with Crippen LogP contribution in [0.15, 0.2) is 12.0 Å². The molecule has 0 aliphatic heterocycles. The Kier molecular flexibility index (Phi) is 3.49. The SMILES string of the molecule is CO/C(N)=C/C(N)(Cl)OC. The van der Waals surface area contributed by atoms with Gasteiger partial charge in [0, 0.05) is 13.2 Å². The van der Waals surface area contributed by atoms with Crippen LogP contribution >= 0.6 is 11.6 Å². The lowest BCUT2D eigenvalue weighted by Gasteiger charge is -2.15. The minimum atomic E-state index is -1.37. The predicted molar refractivity (Wildman–Crippen MR) is 39.1 cm³/mol. The Bertz CT molecular complexity index is 136. The number of halogens is 1. The summed E-state index contributed by atoms with van der Waals surface area (Å²) in [5, 5.41) is -1.37. The maximum atomic E-state index is 5.51. The molecular formula is C5H11ClN2O2. The maximum absolute atomic E-state index is 5.51. The molecule has 5 heteroatoms. The van der Waals surface area contributed by atoms with Crippen LogP contribution in [0, 0.1) is 0 Å². The highest BCUT2D eigenvalue weighted by Gasteiger charge is 2.17. The maximum Gasteiger partial charge on any atom is 0.218 e. The van der Waals surface area contributed by atoms with Gasteiger partial charge in [-0.1, -0.05) is 11.6 Å². The highest BCUT2D eigenvalue weighted by molar-refractivity contribution is 6.23. The Morgan fingerprint density at radius 2 is 2.10 bits per heavy atom. The summed E-state index contributed by atoms with van der Waals surface area (Å²) in [5.74, 6) is 0.124. The average Bonchev–Trinajstić information content (AvgIpc) is 1.87. The van der Waals surface area contributed by atoms with Crippen LogP contribution in [0.25, 0.3) is 0 Å². The molecule has 0 radical (unpaired) electrons. The van der Waals surface area contributed by atoms with E-state index in [0.717, 1.165) is 0 Å². The van der Waals surface area contributed by atoms with Gasteiger partial charge in [-0.05, 0) is 0 Å². The summed E-state index contributed by atoms with van der Waals surface area (Å²) in [5.41, 5.74) is 10.5. The zero-order valence-corrected chi connectivity index (χ0v) is 6.68. The first-order chi connectivity index (χ1) is 4.52. The van der Waals surface area contributed by atoms with Crippen LogP contribution in [0.1, 0.15) is 0 Å². The molecule has 1 atom stereocenters. The second-order valence-corrected chi connectivity index (χ2v) is 2.24. The third-order valence-electron chi connectivity index (χ3n) is 0.888. The van der Waals surface area contributed by atoms with E-state index >= 15 is 0 Å². The van der Waals surface area contributed by atoms with E-state index in [1.165, 1.54) is 20.3 Å². The van der Waals surface area contributed by atoms with Crippen LogP contribution in [0.5, 0.6) is 0 Å². The monoisotopic (exact) mass is 166 g/mol. The fourth-order valence-corrected chi connectivity index (χ4v) is 0.419. The number of hydrogen-bond donors (Lipinski definition) is 2. The van der Waals surface area contributed by atoms with Crippen molar-refractivity contribution in [2.45, 2.75) is 5.18 Å². The number of methoxy groups -OCH3 is 2. The average molecular weight is 167 g/mol. The lowest BCUT2D eigenvalue weighted by Crippen LogP contribution is -2.33. The highest BCUT2D eigenvalue weighted by Crippen LogP contribution is 2.10. The number of rotatable bonds is 3. The molecule has 0 heterocycles. The van der Waals surface area contributed by atoms with Crippen molar-refractivity contribution in [1.82, 2.24) is 0 Å². The van der Waals surface area contributed by atoms with Gasteiger partial charge in [0.25, 0.3) is 0 Å². The molecular weight excluding hydrogens is 156 g/mol. The van der Waals surface area contributed by atoms with Crippen molar-refractivity contribution in [3.8, 4) is 0 Å². The molecule has 0 saturated heterocycles. The second-order valence-electron chi connectivity index (χ2n) is 1.65. The molecule has 0 fully saturated rings. The van der Waals surface area contributed by atoms with Crippen molar-refractivity contribution < 1.29 is 9.47 Å². The zero-order chi connectivity index (χ0) is 8.20. The van der Waals surface area contributed by atoms with Gasteiger partial charge in [-0.25, -0.2) is 0 Å². The zero-order valence-electron chi connectivity index (χ0n) is 5.93. The van der Waals surface area contributed by atoms with Crippen LogP contribution in [0.3, 0.4) is 0 Å². The first kappa shape index (κ1) is 9.55. The van der Waals surface area contributed by atoms with Crippen LogP contribution < -0.4 is 11.5 Å². The molecule has 60 valence electrons. The van der Waals surface area contributed by atoms with Gasteiger partial charge < -0.3 is 15.2 Å². The Balaban J connectivity index is 4.09. The second kappa shape index (κ2) is 3.65. The number of nitrogens with two attached hydrogens (primary N) is 2. The molecule has 0 aliphatic carbocycles. The lowest BCUT2D eigenvalue weighted by atomic mass is 10.5. The van der Waals surface area contributed by atoms with E-state index in [4.69, 9.17) is 23.1 Å². The van der Waals surface area contributed by atoms with Gasteiger partial charge in [-0.15, -0.1) is 0 Å². The molecule has 4 N–H and O–H groups in total. The molecule has 0 aromatic rings. The molecule has 0 aromatic carbocycles. The quantitative estimate of drug-likeness (QED) is 0.267. The molecule has 4 nitrogen and oxygen atoms in total. The largest absolute Gasteiger partial charge is 0.483 e. The molecule has 0 spiro atoms. The first-order valence-electron chi connectivity index (χ1n) is 2.57. The van der Waals surface area contributed by atoms with Gasteiger partial charge in [-0.2, -0.15) is 0 Å². The Hall–Kier alpha value is -0.450. The van der Waals surface area contributed by atoms with E-state index in [1.807, 2.05) is 0 Å². The minimum Gasteiger partial charge on any atom is -0.483 e. The molecule has 0 saturated carbocycles. The summed E-state index contributed by atoms with van der Waals surface area (Å²) in [4.78, 5) is 0. The highest BCUT2D eigenvalue weighted by atomic mass is 35.5. The summed E-state index contributed by atoms with van der Waals surface area (Å²) in [6.07, 6.45) is 1.26. The molecule has 1 unspecified atom stereocenters. The van der Waals surface area contributed by atoms with E-state index in [2.05, 4.69) is 9.47 Å². The first-order valence-corrected chi connectivity index (χ1v) is 2.95. The van der Waals surface area contributed by atoms with E-state index < -0.39 is 5.18 Å². The van der Waals surface area contributed by atoms with Crippen LogP contribution in [0.2, 0.25) is 0 Å². The lowest BCUT2D eigenvalue weighted by molar-refractivity contribution is 0.105. The molecule has 0 rings (SSSR count). The predicted octanol–water partition coefficient (Wildman–Crippen LogP) is -0.0694. The fourth-order valence-electron chi connectivity index (χ4n) is 0.312. The topological polar surface area (TPSA) is 70.5 Å². The third-order valence-corrected chi connectivity index (χ3v) is 1.15. The van der Waals surface area contributed by atoms with Crippen molar-refractivity contribution in [2.75, 3.05) is 14.2 Å². The van der Waals surface area contributed by atoms with Crippen molar-refractivity contribution in [1.29, 1.82) is 0 Å². The van der Waals surface area contributed by atoms with Crippen molar-refractivity contribution in [3.63, 3.8) is 0 Å². The smallest absolute Gasteiger partial charge is 0.218 e. The van der Waals surface area contributed by atoms with Crippen LogP contribution in [0.4, 0.5) is 0 Å². The standard InChI is InChI=1S/C5H11ClN2O2/c1-9-4(7)3-5(6,8)10-2/h3H,7-8H2,1-2H3/b4-3+. The van der Waals surface area contributed by atoms with Gasteiger partial charge in [0.05, 0.1) is 7.11 Å². The summed E-state index contributed by atoms with van der Waals surface area (Å²) in [6.45, 7) is 0. The normalized spacial score (nSPS) is 18.2. The number of alkyl halides is 1. The van der Waals surface area contributed by atoms with E-state index in [0.29, 0.717) is 0 Å². The summed E-state index contributed by atoms with van der Waals surface area (Å²) >= 11 is 5.51. The Labute approximate surface area is 64.7 Å². The Morgan fingerprint density at radius 3 is 2.40 bits per heavy atom. The van der Waals surface area contributed by atoms with Gasteiger partial charge in [-0.3, -0.25) is 5.73 Å². The molecule has 10 heavy (non-hydrogen) atoms. The third kappa shape index (κ3) is 3.55. The Morgan fingerprint density at radius 1 is 1.60 bits per heavy atom. The van der Waals surface area contributed by atoms with E-state index in [1.54, 1.807) is 0 Å². The van der Waals surface area contributed by atoms with Crippen LogP contribution in [-0.4, -0.2) is 19.4 Å². The molecule has 0 aliphatic rings. The van der Waals surface area contributed by atoms with Crippen molar-refractivity contribution in [3.05, 3.63) is 12.0 Å². The summed E-state index contributed by atoms with van der Waals surface area (Å²) < 4.78 is 9.20. The van der Waals surface area contributed by atoms with Gasteiger partial charge in [0.2, 0.25) is 5.18 Å². The molecule has 0 bridgehead atoms. The number of ether oxygens (including phenoxy) is 2. The summed E-state index contributed by atoms with van der Waals surface area (Å²) in [6, 6.07) is 0. The van der Waals surface area contributed by atoms with E-state index in [-0.39, 0.29) is 5.88 Å². The van der Waals surface area contributed by atoms with E-state index in [9.17, 15) is 0 Å². The van der Waals surface area contributed by atoms with Crippen molar-refractivity contribution in [2.24, 2.45) is 11.5 Å². The van der Waals surface area contributed by atoms with Crippen LogP contribution in [-0.2, 0) is 9.47 Å². The molecule has 0 amide bonds. The van der Waals surface area contributed by atoms with Gasteiger partial charge in [0.1, 0.15) is 0 Å². The fraction of sp³-hybridized carbons (Fsp3) is 0.600. The minimum absolute atomic E-state index is 0.124. The number of hydrogen-bond acceptors (Lipinski definition) is 4. The summed E-state index contributed by atoms with van der Waals surface area (Å²) in [7, 11) is 2.78.